The Hall–Kier alpha value is -4.06. The van der Waals surface area contributed by atoms with E-state index in [1.54, 1.807) is 6.07 Å². The van der Waals surface area contributed by atoms with E-state index in [9.17, 15) is 14.7 Å². The summed E-state index contributed by atoms with van der Waals surface area (Å²) in [4.78, 5) is 30.2. The van der Waals surface area contributed by atoms with Crippen LogP contribution in [0.25, 0.3) is 5.76 Å². The van der Waals surface area contributed by atoms with Crippen molar-refractivity contribution in [3.8, 4) is 5.75 Å². The number of carbonyl (C=O) groups excluding carboxylic acids is 2. The van der Waals surface area contributed by atoms with Crippen LogP contribution < -0.4 is 9.64 Å². The van der Waals surface area contributed by atoms with Gasteiger partial charge in [-0.2, -0.15) is 0 Å². The van der Waals surface area contributed by atoms with Crippen molar-refractivity contribution in [3.63, 3.8) is 0 Å². The monoisotopic (exact) mass is 484 g/mol. The first-order valence-corrected chi connectivity index (χ1v) is 12.1. The van der Waals surface area contributed by atoms with Gasteiger partial charge in [0.1, 0.15) is 11.5 Å². The summed E-state index contributed by atoms with van der Waals surface area (Å²) >= 11 is 0. The molecule has 1 aliphatic rings. The minimum absolute atomic E-state index is 0.104. The van der Waals surface area contributed by atoms with Gasteiger partial charge in [-0.15, -0.1) is 0 Å². The Morgan fingerprint density at radius 2 is 1.61 bits per heavy atom. The van der Waals surface area contributed by atoms with Crippen LogP contribution in [0.1, 0.15) is 40.8 Å². The Morgan fingerprint density at radius 1 is 0.944 bits per heavy atom. The van der Waals surface area contributed by atoms with Crippen LogP contribution in [0.3, 0.4) is 0 Å². The van der Waals surface area contributed by atoms with Gasteiger partial charge in [-0.3, -0.25) is 9.59 Å². The van der Waals surface area contributed by atoms with Gasteiger partial charge in [-0.05, 0) is 73.4 Å². The zero-order chi connectivity index (χ0) is 26.0. The number of hydrogen-bond donors (Lipinski definition) is 1. The summed E-state index contributed by atoms with van der Waals surface area (Å²) < 4.78 is 5.53. The van der Waals surface area contributed by atoms with Crippen molar-refractivity contribution < 1.29 is 19.4 Å². The largest absolute Gasteiger partial charge is 0.507 e. The van der Waals surface area contributed by atoms with Gasteiger partial charge >= 0.3 is 0 Å². The number of anilines is 1. The lowest BCUT2D eigenvalue weighted by Crippen LogP contribution is -2.29. The zero-order valence-electron chi connectivity index (χ0n) is 21.4. The molecule has 1 heterocycles. The van der Waals surface area contributed by atoms with Gasteiger partial charge in [-0.25, -0.2) is 0 Å². The van der Waals surface area contributed by atoms with Gasteiger partial charge in [0.25, 0.3) is 11.7 Å². The van der Waals surface area contributed by atoms with Crippen LogP contribution in [0.2, 0.25) is 0 Å². The Morgan fingerprint density at radius 3 is 2.19 bits per heavy atom. The number of hydrogen-bond acceptors (Lipinski definition) is 5. The SMILES string of the molecule is CCOc1ccc(CN2C(=O)C(=O)/C(=C(\O)c3ccc(C)c(C)c3)C2c2ccc(N(C)C)cc2)cc1. The van der Waals surface area contributed by atoms with Crippen LogP contribution in [-0.2, 0) is 16.1 Å². The number of aryl methyl sites for hydroxylation is 2. The Labute approximate surface area is 212 Å². The molecule has 0 saturated carbocycles. The molecule has 186 valence electrons. The second-order valence-corrected chi connectivity index (χ2v) is 9.29. The number of carbonyl (C=O) groups is 2. The van der Waals surface area contributed by atoms with E-state index in [4.69, 9.17) is 4.74 Å². The highest BCUT2D eigenvalue weighted by Crippen LogP contribution is 2.41. The van der Waals surface area contributed by atoms with Crippen LogP contribution in [0, 0.1) is 13.8 Å². The Balaban J connectivity index is 1.81. The molecule has 0 bridgehead atoms. The molecule has 1 atom stereocenters. The second kappa shape index (κ2) is 10.3. The van der Waals surface area contributed by atoms with E-state index in [0.29, 0.717) is 12.2 Å². The number of amides is 1. The van der Waals surface area contributed by atoms with Crippen molar-refractivity contribution in [1.82, 2.24) is 4.90 Å². The Bertz CT molecular complexity index is 1310. The summed E-state index contributed by atoms with van der Waals surface area (Å²) in [6, 6.07) is 20.0. The van der Waals surface area contributed by atoms with E-state index in [-0.39, 0.29) is 17.9 Å². The molecule has 1 N–H and O–H groups in total. The molecule has 1 unspecified atom stereocenters. The first-order valence-electron chi connectivity index (χ1n) is 12.1. The van der Waals surface area contributed by atoms with E-state index >= 15 is 0 Å². The van der Waals surface area contributed by atoms with Crippen molar-refractivity contribution >= 4 is 23.1 Å². The molecule has 1 aliphatic heterocycles. The fourth-order valence-electron chi connectivity index (χ4n) is 4.44. The summed E-state index contributed by atoms with van der Waals surface area (Å²) in [5, 5.41) is 11.3. The topological polar surface area (TPSA) is 70.1 Å². The molecule has 1 saturated heterocycles. The van der Waals surface area contributed by atoms with Crippen LogP contribution in [0.4, 0.5) is 5.69 Å². The van der Waals surface area contributed by atoms with Gasteiger partial charge in [0.05, 0.1) is 18.2 Å². The molecular weight excluding hydrogens is 452 g/mol. The van der Waals surface area contributed by atoms with E-state index in [2.05, 4.69) is 0 Å². The van der Waals surface area contributed by atoms with Crippen molar-refractivity contribution in [3.05, 3.63) is 100 Å². The Kier molecular flexibility index (Phi) is 7.15. The summed E-state index contributed by atoms with van der Waals surface area (Å²) in [5.74, 6) is -0.726. The maximum Gasteiger partial charge on any atom is 0.295 e. The highest BCUT2D eigenvalue weighted by Gasteiger charge is 2.46. The first-order chi connectivity index (χ1) is 17.2. The van der Waals surface area contributed by atoms with Gasteiger partial charge in [0, 0.05) is 31.9 Å². The van der Waals surface area contributed by atoms with Crippen molar-refractivity contribution in [2.24, 2.45) is 0 Å². The number of aliphatic hydroxyl groups is 1. The molecule has 0 aromatic heterocycles. The van der Waals surface area contributed by atoms with Crippen molar-refractivity contribution in [2.45, 2.75) is 33.4 Å². The van der Waals surface area contributed by atoms with Crippen LogP contribution in [0.5, 0.6) is 5.75 Å². The summed E-state index contributed by atoms with van der Waals surface area (Å²) in [5.41, 5.74) is 5.32. The van der Waals surface area contributed by atoms with E-state index in [1.807, 2.05) is 100 Å². The number of rotatable bonds is 7. The maximum absolute atomic E-state index is 13.3. The smallest absolute Gasteiger partial charge is 0.295 e. The van der Waals surface area contributed by atoms with E-state index in [1.165, 1.54) is 4.90 Å². The average Bonchev–Trinajstić information content (AvgIpc) is 3.11. The molecule has 0 radical (unpaired) electrons. The molecule has 0 aliphatic carbocycles. The molecule has 6 nitrogen and oxygen atoms in total. The fourth-order valence-corrected chi connectivity index (χ4v) is 4.44. The molecule has 3 aromatic carbocycles. The first kappa shape index (κ1) is 25.0. The standard InChI is InChI=1S/C30H32N2O4/c1-6-36-25-15-8-21(9-16-25)18-32-27(22-11-13-24(14-12-22)31(4)5)26(29(34)30(32)35)28(33)23-10-7-19(2)20(3)17-23/h7-17,27,33H,6,18H2,1-5H3/b28-26-. The van der Waals surface area contributed by atoms with Gasteiger partial charge < -0.3 is 19.6 Å². The molecule has 0 spiro atoms. The summed E-state index contributed by atoms with van der Waals surface area (Å²) in [6.07, 6.45) is 0. The van der Waals surface area contributed by atoms with Crippen LogP contribution >= 0.6 is 0 Å². The lowest BCUT2D eigenvalue weighted by atomic mass is 9.94. The number of benzene rings is 3. The lowest BCUT2D eigenvalue weighted by molar-refractivity contribution is -0.140. The number of aliphatic hydroxyl groups excluding tert-OH is 1. The summed E-state index contributed by atoms with van der Waals surface area (Å²) in [7, 11) is 3.90. The van der Waals surface area contributed by atoms with Crippen LogP contribution in [-0.4, -0.2) is 42.4 Å². The summed E-state index contributed by atoms with van der Waals surface area (Å²) in [6.45, 7) is 6.65. The quantitative estimate of drug-likeness (QED) is 0.277. The number of nitrogens with zero attached hydrogens (tertiary/aromatic N) is 2. The van der Waals surface area contributed by atoms with Gasteiger partial charge in [0.15, 0.2) is 0 Å². The molecular formula is C30H32N2O4. The maximum atomic E-state index is 13.3. The molecule has 3 aromatic rings. The number of ether oxygens (including phenoxy) is 1. The molecule has 1 amide bonds. The number of ketones is 1. The number of Topliss-reactive ketones (excluding diaryl/α,β-unsaturated/α-hetero) is 1. The van der Waals surface area contributed by atoms with E-state index in [0.717, 1.165) is 33.7 Å². The highest BCUT2D eigenvalue weighted by molar-refractivity contribution is 6.46. The minimum Gasteiger partial charge on any atom is -0.507 e. The second-order valence-electron chi connectivity index (χ2n) is 9.29. The van der Waals surface area contributed by atoms with Crippen molar-refractivity contribution in [1.29, 1.82) is 0 Å². The fraction of sp³-hybridized carbons (Fsp3) is 0.267. The predicted molar refractivity (Wildman–Crippen MR) is 142 cm³/mol. The average molecular weight is 485 g/mol. The normalized spacial score (nSPS) is 16.9. The molecule has 4 rings (SSSR count). The van der Waals surface area contributed by atoms with E-state index < -0.39 is 17.7 Å². The highest BCUT2D eigenvalue weighted by atomic mass is 16.5. The third-order valence-corrected chi connectivity index (χ3v) is 6.63. The predicted octanol–water partition coefficient (Wildman–Crippen LogP) is 5.39. The third-order valence-electron chi connectivity index (χ3n) is 6.63. The lowest BCUT2D eigenvalue weighted by Gasteiger charge is -2.26. The molecule has 1 fully saturated rings. The van der Waals surface area contributed by atoms with Gasteiger partial charge in [0.2, 0.25) is 0 Å². The molecule has 36 heavy (non-hydrogen) atoms. The molecule has 6 heteroatoms. The van der Waals surface area contributed by atoms with Crippen molar-refractivity contribution in [2.75, 3.05) is 25.6 Å². The zero-order valence-corrected chi connectivity index (χ0v) is 21.4. The minimum atomic E-state index is -0.714. The number of likely N-dealkylation sites (tertiary alicyclic amines) is 1. The third kappa shape index (κ3) is 4.85. The van der Waals surface area contributed by atoms with Gasteiger partial charge in [-0.1, -0.05) is 36.4 Å². The van der Waals surface area contributed by atoms with Crippen LogP contribution in [0.15, 0.2) is 72.3 Å².